The number of benzene rings is 1. The molecule has 0 atom stereocenters. The minimum atomic E-state index is -4.53. The van der Waals surface area contributed by atoms with Crippen molar-refractivity contribution >= 4 is 29.1 Å². The Balaban J connectivity index is 2.22. The van der Waals surface area contributed by atoms with E-state index < -0.39 is 11.7 Å². The molecule has 2 aromatic rings. The molecule has 0 amide bonds. The molecule has 0 saturated carbocycles. The number of alkyl halides is 3. The van der Waals surface area contributed by atoms with Crippen LogP contribution in [0, 0.1) is 6.92 Å². The van der Waals surface area contributed by atoms with Crippen molar-refractivity contribution in [2.75, 3.05) is 30.9 Å². The fourth-order valence-electron chi connectivity index (χ4n) is 2.13. The van der Waals surface area contributed by atoms with Crippen LogP contribution in [-0.2, 0) is 10.9 Å². The highest BCUT2D eigenvalue weighted by molar-refractivity contribution is 6.30. The van der Waals surface area contributed by atoms with Crippen LogP contribution in [0.25, 0.3) is 0 Å². The summed E-state index contributed by atoms with van der Waals surface area (Å²) in [5, 5.41) is 5.72. The van der Waals surface area contributed by atoms with Gasteiger partial charge in [0, 0.05) is 37.0 Å². The molecule has 136 valence electrons. The van der Waals surface area contributed by atoms with Crippen molar-refractivity contribution in [2.24, 2.45) is 0 Å². The van der Waals surface area contributed by atoms with Crippen LogP contribution >= 0.6 is 11.6 Å². The molecular formula is C16H18ClF3N4O. The molecule has 1 aromatic carbocycles. The third-order valence-corrected chi connectivity index (χ3v) is 3.45. The zero-order valence-corrected chi connectivity index (χ0v) is 14.5. The van der Waals surface area contributed by atoms with E-state index in [2.05, 4.69) is 20.6 Å². The van der Waals surface area contributed by atoms with E-state index in [1.54, 1.807) is 20.1 Å². The van der Waals surface area contributed by atoms with Crippen LogP contribution in [0.4, 0.5) is 30.6 Å². The molecule has 2 rings (SSSR count). The fourth-order valence-corrected chi connectivity index (χ4v) is 2.30. The minimum Gasteiger partial charge on any atom is -0.385 e. The van der Waals surface area contributed by atoms with Crippen molar-refractivity contribution in [3.8, 4) is 0 Å². The van der Waals surface area contributed by atoms with Crippen molar-refractivity contribution in [1.29, 1.82) is 0 Å². The van der Waals surface area contributed by atoms with Crippen LogP contribution in [0.1, 0.15) is 17.7 Å². The monoisotopic (exact) mass is 374 g/mol. The van der Waals surface area contributed by atoms with Gasteiger partial charge in [-0.3, -0.25) is 0 Å². The highest BCUT2D eigenvalue weighted by Crippen LogP contribution is 2.37. The topological polar surface area (TPSA) is 59.1 Å². The Labute approximate surface area is 148 Å². The van der Waals surface area contributed by atoms with Gasteiger partial charge in [-0.2, -0.15) is 18.2 Å². The van der Waals surface area contributed by atoms with Gasteiger partial charge in [-0.15, -0.1) is 0 Å². The second-order valence-corrected chi connectivity index (χ2v) is 5.74. The lowest BCUT2D eigenvalue weighted by atomic mass is 10.1. The number of methoxy groups -OCH3 is 1. The van der Waals surface area contributed by atoms with Crippen LogP contribution in [0.15, 0.2) is 24.3 Å². The molecule has 0 aliphatic rings. The number of rotatable bonds is 7. The maximum Gasteiger partial charge on any atom is 0.418 e. The quantitative estimate of drug-likeness (QED) is 0.691. The zero-order chi connectivity index (χ0) is 18.4. The molecule has 1 aromatic heterocycles. The first-order chi connectivity index (χ1) is 11.8. The highest BCUT2D eigenvalue weighted by Gasteiger charge is 2.34. The summed E-state index contributed by atoms with van der Waals surface area (Å²) in [4.78, 5) is 8.41. The normalized spacial score (nSPS) is 11.4. The molecular weight excluding hydrogens is 357 g/mol. The Morgan fingerprint density at radius 3 is 2.64 bits per heavy atom. The predicted molar refractivity (Wildman–Crippen MR) is 91.5 cm³/mol. The lowest BCUT2D eigenvalue weighted by molar-refractivity contribution is -0.136. The number of halogens is 4. The first kappa shape index (κ1) is 19.3. The summed E-state index contributed by atoms with van der Waals surface area (Å²) in [6.07, 6.45) is -3.78. The first-order valence-corrected chi connectivity index (χ1v) is 7.89. The van der Waals surface area contributed by atoms with Crippen molar-refractivity contribution < 1.29 is 17.9 Å². The van der Waals surface area contributed by atoms with Gasteiger partial charge in [0.1, 0.15) is 5.82 Å². The average Bonchev–Trinajstić information content (AvgIpc) is 2.52. The Hall–Kier alpha value is -2.06. The highest BCUT2D eigenvalue weighted by atomic mass is 35.5. The summed E-state index contributed by atoms with van der Waals surface area (Å²) in [6.45, 7) is 2.91. The molecule has 0 radical (unpaired) electrons. The van der Waals surface area contributed by atoms with Crippen LogP contribution in [0.3, 0.4) is 0 Å². The molecule has 1 heterocycles. The van der Waals surface area contributed by atoms with E-state index in [4.69, 9.17) is 16.3 Å². The van der Waals surface area contributed by atoms with E-state index in [0.717, 1.165) is 12.5 Å². The van der Waals surface area contributed by atoms with Gasteiger partial charge in [-0.05, 0) is 31.5 Å². The molecule has 25 heavy (non-hydrogen) atoms. The standard InChI is InChI=1S/C16H18ClF3N4O/c1-10-8-14(24-15(22-10)21-6-3-7-25-2)23-13-5-4-11(17)9-12(13)16(18,19)20/h4-5,8-9H,3,6-7H2,1-2H3,(H2,21,22,23,24). The Kier molecular flexibility index (Phi) is 6.44. The molecule has 5 nitrogen and oxygen atoms in total. The van der Waals surface area contributed by atoms with Crippen LogP contribution in [0.5, 0.6) is 0 Å². The first-order valence-electron chi connectivity index (χ1n) is 7.52. The van der Waals surface area contributed by atoms with Gasteiger partial charge < -0.3 is 15.4 Å². The minimum absolute atomic E-state index is 0.0113. The van der Waals surface area contributed by atoms with Gasteiger partial charge >= 0.3 is 6.18 Å². The third-order valence-electron chi connectivity index (χ3n) is 3.21. The lowest BCUT2D eigenvalue weighted by Gasteiger charge is -2.15. The Morgan fingerprint density at radius 1 is 1.20 bits per heavy atom. The van der Waals surface area contributed by atoms with E-state index in [0.29, 0.717) is 24.8 Å². The molecule has 0 bridgehead atoms. The fraction of sp³-hybridized carbons (Fsp3) is 0.375. The summed E-state index contributed by atoms with van der Waals surface area (Å²) in [5.41, 5.74) is -0.361. The molecule has 0 unspecified atom stereocenters. The van der Waals surface area contributed by atoms with E-state index in [1.165, 1.54) is 12.1 Å². The number of aromatic nitrogens is 2. The zero-order valence-electron chi connectivity index (χ0n) is 13.7. The number of nitrogens with zero attached hydrogens (tertiary/aromatic N) is 2. The summed E-state index contributed by atoms with van der Waals surface area (Å²) in [7, 11) is 1.61. The molecule has 0 aliphatic heterocycles. The average molecular weight is 375 g/mol. The summed E-state index contributed by atoms with van der Waals surface area (Å²) in [6, 6.07) is 5.10. The van der Waals surface area contributed by atoms with Gasteiger partial charge in [0.15, 0.2) is 0 Å². The van der Waals surface area contributed by atoms with Gasteiger partial charge in [-0.1, -0.05) is 11.6 Å². The van der Waals surface area contributed by atoms with E-state index in [-0.39, 0.29) is 16.5 Å². The third kappa shape index (κ3) is 5.75. The molecule has 0 aliphatic carbocycles. The summed E-state index contributed by atoms with van der Waals surface area (Å²) >= 11 is 5.69. The number of hydrogen-bond acceptors (Lipinski definition) is 5. The van der Waals surface area contributed by atoms with Crippen LogP contribution < -0.4 is 10.6 Å². The van der Waals surface area contributed by atoms with E-state index in [9.17, 15) is 13.2 Å². The SMILES string of the molecule is COCCCNc1nc(C)cc(Nc2ccc(Cl)cc2C(F)(F)F)n1. The van der Waals surface area contributed by atoms with Gasteiger partial charge in [0.25, 0.3) is 0 Å². The van der Waals surface area contributed by atoms with Crippen molar-refractivity contribution in [3.05, 3.63) is 40.5 Å². The number of ether oxygens (including phenoxy) is 1. The second-order valence-electron chi connectivity index (χ2n) is 5.30. The second kappa shape index (κ2) is 8.35. The van der Waals surface area contributed by atoms with Gasteiger partial charge in [0.05, 0.1) is 11.3 Å². The maximum absolute atomic E-state index is 13.2. The molecule has 0 spiro atoms. The summed E-state index contributed by atoms with van der Waals surface area (Å²) in [5.74, 6) is 0.593. The van der Waals surface area contributed by atoms with E-state index >= 15 is 0 Å². The van der Waals surface area contributed by atoms with Gasteiger partial charge in [-0.25, -0.2) is 4.98 Å². The number of hydrogen-bond donors (Lipinski definition) is 2. The van der Waals surface area contributed by atoms with Crippen molar-refractivity contribution in [2.45, 2.75) is 19.5 Å². The Bertz CT molecular complexity index is 725. The molecule has 2 N–H and O–H groups in total. The Morgan fingerprint density at radius 2 is 1.96 bits per heavy atom. The molecule has 0 saturated heterocycles. The molecule has 9 heteroatoms. The van der Waals surface area contributed by atoms with Crippen molar-refractivity contribution in [1.82, 2.24) is 9.97 Å². The van der Waals surface area contributed by atoms with Gasteiger partial charge in [0.2, 0.25) is 5.95 Å². The smallest absolute Gasteiger partial charge is 0.385 e. The van der Waals surface area contributed by atoms with Crippen LogP contribution in [0.2, 0.25) is 5.02 Å². The predicted octanol–water partition coefficient (Wildman–Crippen LogP) is 4.65. The number of nitrogens with one attached hydrogen (secondary N) is 2. The lowest BCUT2D eigenvalue weighted by Crippen LogP contribution is -2.11. The van der Waals surface area contributed by atoms with E-state index in [1.807, 2.05) is 0 Å². The van der Waals surface area contributed by atoms with Crippen molar-refractivity contribution in [3.63, 3.8) is 0 Å². The summed E-state index contributed by atoms with van der Waals surface area (Å²) < 4.78 is 44.5. The largest absolute Gasteiger partial charge is 0.418 e. The number of aryl methyl sites for hydroxylation is 1. The maximum atomic E-state index is 13.2. The number of anilines is 3. The molecule has 0 fully saturated rings. The van der Waals surface area contributed by atoms with Crippen LogP contribution in [-0.4, -0.2) is 30.2 Å².